The number of nitrogens with zero attached hydrogens (tertiary/aromatic N) is 2. The largest absolute Gasteiger partial charge is 0.434 e. The van der Waals surface area contributed by atoms with Crippen LogP contribution in [0, 0.1) is 11.6 Å². The molecule has 1 atom stereocenters. The standard InChI is InChI=1S/C13H11F2N3O2/c1-7(13(16)19)10-5-18-12(6-17-10)20-11-3-2-8(14)4-9(11)15/h2-7H,1H3,(H2,16,19). The summed E-state index contributed by atoms with van der Waals surface area (Å²) in [7, 11) is 0. The smallest absolute Gasteiger partial charge is 0.237 e. The Hall–Kier alpha value is -2.57. The summed E-state index contributed by atoms with van der Waals surface area (Å²) in [6.45, 7) is 1.59. The van der Waals surface area contributed by atoms with Crippen molar-refractivity contribution in [2.24, 2.45) is 5.73 Å². The molecule has 1 aromatic carbocycles. The first kappa shape index (κ1) is 13.9. The molecule has 0 radical (unpaired) electrons. The predicted octanol–water partition coefficient (Wildman–Crippen LogP) is 2.14. The third kappa shape index (κ3) is 3.05. The molecule has 0 saturated carbocycles. The Kier molecular flexibility index (Phi) is 3.88. The quantitative estimate of drug-likeness (QED) is 0.930. The highest BCUT2D eigenvalue weighted by Gasteiger charge is 2.14. The van der Waals surface area contributed by atoms with E-state index < -0.39 is 23.5 Å². The molecule has 0 bridgehead atoms. The Morgan fingerprint density at radius 2 is 2.05 bits per heavy atom. The Balaban J connectivity index is 2.16. The summed E-state index contributed by atoms with van der Waals surface area (Å²) in [5.41, 5.74) is 5.52. The van der Waals surface area contributed by atoms with E-state index in [1.54, 1.807) is 6.92 Å². The van der Waals surface area contributed by atoms with Crippen LogP contribution in [0.1, 0.15) is 18.5 Å². The van der Waals surface area contributed by atoms with Crippen LogP contribution in [-0.2, 0) is 4.79 Å². The van der Waals surface area contributed by atoms with Crippen LogP contribution >= 0.6 is 0 Å². The second kappa shape index (κ2) is 5.60. The zero-order chi connectivity index (χ0) is 14.7. The zero-order valence-corrected chi connectivity index (χ0v) is 10.5. The number of benzene rings is 1. The van der Waals surface area contributed by atoms with Crippen molar-refractivity contribution in [1.29, 1.82) is 0 Å². The predicted molar refractivity (Wildman–Crippen MR) is 66.1 cm³/mol. The van der Waals surface area contributed by atoms with Gasteiger partial charge in [0.2, 0.25) is 11.8 Å². The molecular formula is C13H11F2N3O2. The van der Waals surface area contributed by atoms with Crippen LogP contribution in [0.5, 0.6) is 11.6 Å². The number of carbonyl (C=O) groups is 1. The molecule has 2 aromatic rings. The first-order valence-electron chi connectivity index (χ1n) is 5.71. The Morgan fingerprint density at radius 1 is 1.30 bits per heavy atom. The summed E-state index contributed by atoms with van der Waals surface area (Å²) < 4.78 is 31.2. The van der Waals surface area contributed by atoms with Crippen LogP contribution in [0.3, 0.4) is 0 Å². The minimum Gasteiger partial charge on any atom is -0.434 e. The maximum atomic E-state index is 13.4. The lowest BCUT2D eigenvalue weighted by atomic mass is 10.1. The highest BCUT2D eigenvalue weighted by Crippen LogP contribution is 2.23. The van der Waals surface area contributed by atoms with Gasteiger partial charge < -0.3 is 10.5 Å². The molecule has 2 N–H and O–H groups in total. The monoisotopic (exact) mass is 279 g/mol. The van der Waals surface area contributed by atoms with Crippen molar-refractivity contribution < 1.29 is 18.3 Å². The lowest BCUT2D eigenvalue weighted by Gasteiger charge is -2.08. The zero-order valence-electron chi connectivity index (χ0n) is 10.5. The van der Waals surface area contributed by atoms with Gasteiger partial charge in [-0.1, -0.05) is 0 Å². The average molecular weight is 279 g/mol. The van der Waals surface area contributed by atoms with E-state index in [9.17, 15) is 13.6 Å². The molecule has 1 amide bonds. The summed E-state index contributed by atoms with van der Waals surface area (Å²) in [5, 5.41) is 0. The molecule has 1 unspecified atom stereocenters. The summed E-state index contributed by atoms with van der Waals surface area (Å²) in [4.78, 5) is 18.8. The molecule has 0 saturated heterocycles. The van der Waals surface area contributed by atoms with Gasteiger partial charge in [-0.15, -0.1) is 0 Å². The fourth-order valence-electron chi connectivity index (χ4n) is 1.42. The molecule has 1 aromatic heterocycles. The van der Waals surface area contributed by atoms with E-state index in [0.29, 0.717) is 11.8 Å². The van der Waals surface area contributed by atoms with Crippen LogP contribution < -0.4 is 10.5 Å². The number of nitrogens with two attached hydrogens (primary N) is 1. The summed E-state index contributed by atoms with van der Waals surface area (Å²) >= 11 is 0. The van der Waals surface area contributed by atoms with Crippen molar-refractivity contribution in [3.8, 4) is 11.6 Å². The summed E-state index contributed by atoms with van der Waals surface area (Å²) in [6.07, 6.45) is 2.55. The van der Waals surface area contributed by atoms with E-state index in [2.05, 4.69) is 9.97 Å². The van der Waals surface area contributed by atoms with Crippen molar-refractivity contribution in [3.63, 3.8) is 0 Å². The molecule has 0 spiro atoms. The first-order chi connectivity index (χ1) is 9.47. The van der Waals surface area contributed by atoms with Crippen molar-refractivity contribution in [3.05, 3.63) is 47.9 Å². The maximum absolute atomic E-state index is 13.4. The molecule has 0 aliphatic heterocycles. The van der Waals surface area contributed by atoms with Crippen LogP contribution in [0.2, 0.25) is 0 Å². The van der Waals surface area contributed by atoms with Gasteiger partial charge in [0.05, 0.1) is 24.0 Å². The second-order valence-corrected chi connectivity index (χ2v) is 4.08. The highest BCUT2D eigenvalue weighted by molar-refractivity contribution is 5.80. The van der Waals surface area contributed by atoms with Gasteiger partial charge in [0.25, 0.3) is 0 Å². The number of halogens is 2. The number of aromatic nitrogens is 2. The molecule has 7 heteroatoms. The van der Waals surface area contributed by atoms with Crippen LogP contribution in [0.25, 0.3) is 0 Å². The number of primary amides is 1. The lowest BCUT2D eigenvalue weighted by molar-refractivity contribution is -0.119. The van der Waals surface area contributed by atoms with Crippen molar-refractivity contribution >= 4 is 5.91 Å². The highest BCUT2D eigenvalue weighted by atomic mass is 19.1. The van der Waals surface area contributed by atoms with E-state index >= 15 is 0 Å². The Morgan fingerprint density at radius 3 is 2.60 bits per heavy atom. The third-order valence-electron chi connectivity index (χ3n) is 2.63. The topological polar surface area (TPSA) is 78.1 Å². The van der Waals surface area contributed by atoms with Gasteiger partial charge in [-0.3, -0.25) is 9.78 Å². The van der Waals surface area contributed by atoms with Gasteiger partial charge >= 0.3 is 0 Å². The van der Waals surface area contributed by atoms with E-state index in [4.69, 9.17) is 10.5 Å². The van der Waals surface area contributed by atoms with Gasteiger partial charge in [0, 0.05) is 6.07 Å². The lowest BCUT2D eigenvalue weighted by Crippen LogP contribution is -2.19. The van der Waals surface area contributed by atoms with Gasteiger partial charge in [-0.25, -0.2) is 13.8 Å². The third-order valence-corrected chi connectivity index (χ3v) is 2.63. The normalized spacial score (nSPS) is 11.9. The van der Waals surface area contributed by atoms with Crippen LogP contribution in [-0.4, -0.2) is 15.9 Å². The summed E-state index contributed by atoms with van der Waals surface area (Å²) in [6, 6.07) is 2.91. The van der Waals surface area contributed by atoms with E-state index in [1.165, 1.54) is 12.4 Å². The Bertz CT molecular complexity index is 632. The molecule has 2 rings (SSSR count). The summed E-state index contributed by atoms with van der Waals surface area (Å²) in [5.74, 6) is -2.81. The number of ether oxygens (including phenoxy) is 1. The van der Waals surface area contributed by atoms with Crippen molar-refractivity contribution in [2.75, 3.05) is 0 Å². The first-order valence-corrected chi connectivity index (χ1v) is 5.71. The average Bonchev–Trinajstić information content (AvgIpc) is 2.42. The maximum Gasteiger partial charge on any atom is 0.237 e. The number of rotatable bonds is 4. The SMILES string of the molecule is CC(C(N)=O)c1cnc(Oc2ccc(F)cc2F)cn1. The van der Waals surface area contributed by atoms with Gasteiger partial charge in [0.1, 0.15) is 5.82 Å². The molecule has 1 heterocycles. The number of amides is 1. The van der Waals surface area contributed by atoms with E-state index in [-0.39, 0.29) is 11.6 Å². The molecule has 0 aliphatic rings. The fourth-order valence-corrected chi connectivity index (χ4v) is 1.42. The molecule has 0 fully saturated rings. The van der Waals surface area contributed by atoms with Gasteiger partial charge in [-0.2, -0.15) is 0 Å². The second-order valence-electron chi connectivity index (χ2n) is 4.08. The van der Waals surface area contributed by atoms with Crippen molar-refractivity contribution in [2.45, 2.75) is 12.8 Å². The minimum atomic E-state index is -0.846. The minimum absolute atomic E-state index is 0.0240. The van der Waals surface area contributed by atoms with Gasteiger partial charge in [-0.05, 0) is 19.1 Å². The molecular weight excluding hydrogens is 268 g/mol. The number of hydrogen-bond donors (Lipinski definition) is 1. The molecule has 5 nitrogen and oxygen atoms in total. The van der Waals surface area contributed by atoms with E-state index in [1.807, 2.05) is 0 Å². The van der Waals surface area contributed by atoms with Crippen molar-refractivity contribution in [1.82, 2.24) is 9.97 Å². The number of carbonyl (C=O) groups excluding carboxylic acids is 1. The fraction of sp³-hybridized carbons (Fsp3) is 0.154. The Labute approximate surface area is 113 Å². The van der Waals surface area contributed by atoms with Gasteiger partial charge in [0.15, 0.2) is 11.6 Å². The molecule has 104 valence electrons. The number of hydrogen-bond acceptors (Lipinski definition) is 4. The van der Waals surface area contributed by atoms with Crippen LogP contribution in [0.4, 0.5) is 8.78 Å². The van der Waals surface area contributed by atoms with E-state index in [0.717, 1.165) is 12.1 Å². The molecule has 0 aliphatic carbocycles. The molecule has 20 heavy (non-hydrogen) atoms. The van der Waals surface area contributed by atoms with Crippen LogP contribution in [0.15, 0.2) is 30.6 Å².